The van der Waals surface area contributed by atoms with Crippen LogP contribution in [-0.4, -0.2) is 18.9 Å². The molecule has 0 aliphatic heterocycles. The molecule has 2 N–H and O–H groups in total. The number of carbonyl (C=O) groups excluding carboxylic acids is 2. The molecule has 1 heterocycles. The van der Waals surface area contributed by atoms with Gasteiger partial charge in [0.15, 0.2) is 5.76 Å². The minimum atomic E-state index is -0.356. The van der Waals surface area contributed by atoms with Crippen LogP contribution in [0.5, 0.6) is 5.75 Å². The first-order chi connectivity index (χ1) is 12.6. The maximum atomic E-state index is 12.4. The molecule has 26 heavy (non-hydrogen) atoms. The van der Waals surface area contributed by atoms with Gasteiger partial charge in [0.1, 0.15) is 11.3 Å². The summed E-state index contributed by atoms with van der Waals surface area (Å²) in [6, 6.07) is 14.2. The number of benzene rings is 2. The van der Waals surface area contributed by atoms with Crippen molar-refractivity contribution in [2.24, 2.45) is 0 Å². The van der Waals surface area contributed by atoms with E-state index in [4.69, 9.17) is 9.15 Å². The zero-order valence-electron chi connectivity index (χ0n) is 14.7. The molecule has 0 fully saturated rings. The van der Waals surface area contributed by atoms with Crippen molar-refractivity contribution < 1.29 is 18.7 Å². The third-order valence-electron chi connectivity index (χ3n) is 3.86. The van der Waals surface area contributed by atoms with Gasteiger partial charge >= 0.3 is 0 Å². The summed E-state index contributed by atoms with van der Waals surface area (Å²) >= 11 is 0. The normalized spacial score (nSPS) is 10.5. The van der Waals surface area contributed by atoms with E-state index in [2.05, 4.69) is 10.6 Å². The number of anilines is 2. The molecule has 2 aromatic carbocycles. The van der Waals surface area contributed by atoms with Gasteiger partial charge < -0.3 is 19.8 Å². The number of nitrogens with one attached hydrogen (secondary N) is 2. The first-order valence-corrected chi connectivity index (χ1v) is 8.38. The fraction of sp³-hybridized carbons (Fsp3) is 0.200. The second-order valence-electron chi connectivity index (χ2n) is 5.82. The van der Waals surface area contributed by atoms with Gasteiger partial charge in [-0.05, 0) is 30.7 Å². The van der Waals surface area contributed by atoms with Crippen LogP contribution < -0.4 is 15.4 Å². The highest BCUT2D eigenvalue weighted by Gasteiger charge is 2.14. The average Bonchev–Trinajstić information content (AvgIpc) is 3.07. The molecule has 6 heteroatoms. The summed E-state index contributed by atoms with van der Waals surface area (Å²) in [5, 5.41) is 6.44. The van der Waals surface area contributed by atoms with Gasteiger partial charge in [-0.25, -0.2) is 0 Å². The third-order valence-corrected chi connectivity index (χ3v) is 3.86. The molecule has 0 radical (unpaired) electrons. The van der Waals surface area contributed by atoms with E-state index in [-0.39, 0.29) is 17.6 Å². The van der Waals surface area contributed by atoms with Crippen LogP contribution in [0, 0.1) is 0 Å². The van der Waals surface area contributed by atoms with Gasteiger partial charge in [0.2, 0.25) is 5.91 Å². The number of hydrogen-bond donors (Lipinski definition) is 2. The van der Waals surface area contributed by atoms with Crippen molar-refractivity contribution in [3.05, 3.63) is 54.3 Å². The molecule has 0 atom stereocenters. The summed E-state index contributed by atoms with van der Waals surface area (Å²) in [5.74, 6) is 0.262. The van der Waals surface area contributed by atoms with Gasteiger partial charge in [-0.15, -0.1) is 0 Å². The lowest BCUT2D eigenvalue weighted by molar-refractivity contribution is -0.116. The van der Waals surface area contributed by atoms with Crippen LogP contribution in [0.4, 0.5) is 11.4 Å². The number of rotatable bonds is 6. The Labute approximate surface area is 151 Å². The first-order valence-electron chi connectivity index (χ1n) is 8.38. The summed E-state index contributed by atoms with van der Waals surface area (Å²) in [6.07, 6.45) is 1.20. The minimum absolute atomic E-state index is 0.0788. The number of methoxy groups -OCH3 is 1. The van der Waals surface area contributed by atoms with Gasteiger partial charge in [-0.3, -0.25) is 9.59 Å². The highest BCUT2D eigenvalue weighted by molar-refractivity contribution is 6.05. The maximum Gasteiger partial charge on any atom is 0.291 e. The molecule has 0 aliphatic rings. The molecule has 134 valence electrons. The Kier molecular flexibility index (Phi) is 5.22. The van der Waals surface area contributed by atoms with Crippen molar-refractivity contribution in [2.75, 3.05) is 17.7 Å². The minimum Gasteiger partial charge on any atom is -0.494 e. The lowest BCUT2D eigenvalue weighted by Crippen LogP contribution is -2.13. The van der Waals surface area contributed by atoms with Gasteiger partial charge in [0, 0.05) is 23.6 Å². The van der Waals surface area contributed by atoms with E-state index in [0.717, 1.165) is 11.8 Å². The zero-order valence-corrected chi connectivity index (χ0v) is 14.7. The summed E-state index contributed by atoms with van der Waals surface area (Å²) in [4.78, 5) is 24.2. The summed E-state index contributed by atoms with van der Waals surface area (Å²) in [7, 11) is 1.51. The Hall–Kier alpha value is -3.28. The molecule has 0 unspecified atom stereocenters. The standard InChI is InChI=1S/C20H20N2O4/c1-3-6-19(23)22-15-10-9-14(12-17(15)25-2)21-20(24)18-11-13-7-4-5-8-16(13)26-18/h4-5,7-12H,3,6H2,1-2H3,(H,21,24)(H,22,23). The summed E-state index contributed by atoms with van der Waals surface area (Å²) in [6.45, 7) is 1.94. The number of amides is 2. The maximum absolute atomic E-state index is 12.4. The van der Waals surface area contributed by atoms with Crippen molar-refractivity contribution in [1.82, 2.24) is 0 Å². The highest BCUT2D eigenvalue weighted by atomic mass is 16.5. The summed E-state index contributed by atoms with van der Waals surface area (Å²) in [5.41, 5.74) is 1.76. The Bertz CT molecular complexity index is 913. The molecule has 6 nitrogen and oxygen atoms in total. The second kappa shape index (κ2) is 7.74. The third kappa shape index (κ3) is 3.85. The SMILES string of the molecule is CCCC(=O)Nc1ccc(NC(=O)c2cc3ccccc3o2)cc1OC. The molecule has 0 saturated carbocycles. The van der Waals surface area contributed by atoms with E-state index in [9.17, 15) is 9.59 Å². The molecule has 2 amide bonds. The largest absolute Gasteiger partial charge is 0.494 e. The Morgan fingerprint density at radius 3 is 2.62 bits per heavy atom. The molecule has 0 saturated heterocycles. The molecule has 3 rings (SSSR count). The number of para-hydroxylation sites is 1. The van der Waals surface area contributed by atoms with Crippen LogP contribution in [0.3, 0.4) is 0 Å². The van der Waals surface area contributed by atoms with Gasteiger partial charge in [-0.1, -0.05) is 25.1 Å². The molecule has 0 aliphatic carbocycles. The second-order valence-corrected chi connectivity index (χ2v) is 5.82. The Morgan fingerprint density at radius 2 is 1.88 bits per heavy atom. The molecule has 0 spiro atoms. The van der Waals surface area contributed by atoms with Crippen LogP contribution in [0.1, 0.15) is 30.3 Å². The summed E-state index contributed by atoms with van der Waals surface area (Å²) < 4.78 is 10.9. The van der Waals surface area contributed by atoms with Crippen molar-refractivity contribution >= 4 is 34.2 Å². The van der Waals surface area contributed by atoms with E-state index >= 15 is 0 Å². The fourth-order valence-electron chi connectivity index (χ4n) is 2.60. The fourth-order valence-corrected chi connectivity index (χ4v) is 2.60. The average molecular weight is 352 g/mol. The van der Waals surface area contributed by atoms with E-state index in [1.54, 1.807) is 24.3 Å². The Balaban J connectivity index is 1.76. The van der Waals surface area contributed by atoms with Gasteiger partial charge in [-0.2, -0.15) is 0 Å². The predicted octanol–water partition coefficient (Wildman–Crippen LogP) is 4.43. The lowest BCUT2D eigenvalue weighted by atomic mass is 10.2. The van der Waals surface area contributed by atoms with Gasteiger partial charge in [0.05, 0.1) is 12.8 Å². The number of hydrogen-bond acceptors (Lipinski definition) is 4. The van der Waals surface area contributed by atoms with Crippen LogP contribution in [-0.2, 0) is 4.79 Å². The number of ether oxygens (including phenoxy) is 1. The number of furan rings is 1. The molecule has 3 aromatic rings. The van der Waals surface area contributed by atoms with Crippen LogP contribution in [0.15, 0.2) is 52.9 Å². The zero-order chi connectivity index (χ0) is 18.5. The topological polar surface area (TPSA) is 80.6 Å². The number of carbonyl (C=O) groups is 2. The van der Waals surface area contributed by atoms with E-state index in [1.807, 2.05) is 31.2 Å². The quantitative estimate of drug-likeness (QED) is 0.687. The van der Waals surface area contributed by atoms with Crippen molar-refractivity contribution in [2.45, 2.75) is 19.8 Å². The first kappa shape index (κ1) is 17.5. The smallest absolute Gasteiger partial charge is 0.291 e. The number of fused-ring (bicyclic) bond motifs is 1. The lowest BCUT2D eigenvalue weighted by Gasteiger charge is -2.12. The molecular weight excluding hydrogens is 332 g/mol. The van der Waals surface area contributed by atoms with Gasteiger partial charge in [0.25, 0.3) is 5.91 Å². The van der Waals surface area contributed by atoms with E-state index in [0.29, 0.717) is 29.1 Å². The highest BCUT2D eigenvalue weighted by Crippen LogP contribution is 2.29. The molecular formula is C20H20N2O4. The van der Waals surface area contributed by atoms with Crippen LogP contribution in [0.25, 0.3) is 11.0 Å². The molecule has 0 bridgehead atoms. The monoisotopic (exact) mass is 352 g/mol. The van der Waals surface area contributed by atoms with Crippen molar-refractivity contribution in [3.63, 3.8) is 0 Å². The molecule has 1 aromatic heterocycles. The van der Waals surface area contributed by atoms with Crippen LogP contribution >= 0.6 is 0 Å². The van der Waals surface area contributed by atoms with Crippen molar-refractivity contribution in [3.8, 4) is 5.75 Å². The predicted molar refractivity (Wildman–Crippen MR) is 101 cm³/mol. The Morgan fingerprint density at radius 1 is 1.08 bits per heavy atom. The van der Waals surface area contributed by atoms with E-state index < -0.39 is 0 Å². The van der Waals surface area contributed by atoms with Crippen molar-refractivity contribution in [1.29, 1.82) is 0 Å². The van der Waals surface area contributed by atoms with Crippen LogP contribution in [0.2, 0.25) is 0 Å². The van der Waals surface area contributed by atoms with E-state index in [1.165, 1.54) is 7.11 Å².